The molecule has 6 nitrogen and oxygen atoms in total. The van der Waals surface area contributed by atoms with E-state index in [2.05, 4.69) is 5.32 Å². The van der Waals surface area contributed by atoms with Gasteiger partial charge in [0, 0.05) is 18.7 Å². The average molecular weight is 354 g/mol. The predicted molar refractivity (Wildman–Crippen MR) is 82.3 cm³/mol. The monoisotopic (exact) mass is 354 g/mol. The van der Waals surface area contributed by atoms with Gasteiger partial charge in [0.1, 0.15) is 5.75 Å². The number of carbonyl (C=O) groups excluding carboxylic acids is 1. The van der Waals surface area contributed by atoms with Gasteiger partial charge in [0.15, 0.2) is 0 Å². The Kier molecular flexibility index (Phi) is 5.26. The highest BCUT2D eigenvalue weighted by Crippen LogP contribution is 2.29. The number of carbonyl (C=O) groups is 1. The standard InChI is InChI=1S/C16H13F3N2O4/c1-25-14-6-5-12(21(23)24)8-13(14)15(22)20-9-10-3-2-4-11(7-10)16(17,18)19/h2-8H,9H2,1H3,(H,20,22). The first kappa shape index (κ1) is 18.2. The summed E-state index contributed by atoms with van der Waals surface area (Å²) in [4.78, 5) is 22.4. The minimum absolute atomic E-state index is 0.0799. The van der Waals surface area contributed by atoms with E-state index in [0.29, 0.717) is 0 Å². The molecule has 25 heavy (non-hydrogen) atoms. The maximum Gasteiger partial charge on any atom is 0.416 e. The third kappa shape index (κ3) is 4.46. The number of benzene rings is 2. The predicted octanol–water partition coefficient (Wildman–Crippen LogP) is 3.55. The van der Waals surface area contributed by atoms with Gasteiger partial charge in [0.05, 0.1) is 23.2 Å². The third-order valence-corrected chi connectivity index (χ3v) is 3.35. The van der Waals surface area contributed by atoms with Crippen molar-refractivity contribution in [1.82, 2.24) is 5.32 Å². The van der Waals surface area contributed by atoms with Crippen molar-refractivity contribution in [1.29, 1.82) is 0 Å². The van der Waals surface area contributed by atoms with Crippen LogP contribution in [0.25, 0.3) is 0 Å². The number of non-ortho nitro benzene ring substituents is 1. The molecular weight excluding hydrogens is 341 g/mol. The van der Waals surface area contributed by atoms with Crippen LogP contribution in [0.5, 0.6) is 5.75 Å². The maximum atomic E-state index is 12.7. The molecule has 0 aliphatic heterocycles. The first-order chi connectivity index (χ1) is 11.7. The SMILES string of the molecule is COc1ccc([N+](=O)[O-])cc1C(=O)NCc1cccc(C(F)(F)F)c1. The molecular formula is C16H13F3N2O4. The Morgan fingerprint density at radius 2 is 1.96 bits per heavy atom. The number of rotatable bonds is 5. The van der Waals surface area contributed by atoms with Crippen molar-refractivity contribution in [3.63, 3.8) is 0 Å². The first-order valence-corrected chi connectivity index (χ1v) is 6.99. The molecule has 0 atom stereocenters. The number of alkyl halides is 3. The lowest BCUT2D eigenvalue weighted by Gasteiger charge is -2.11. The van der Waals surface area contributed by atoms with Gasteiger partial charge in [-0.05, 0) is 23.8 Å². The van der Waals surface area contributed by atoms with Gasteiger partial charge in [0.25, 0.3) is 11.6 Å². The minimum atomic E-state index is -4.48. The second kappa shape index (κ2) is 7.20. The zero-order valence-electron chi connectivity index (χ0n) is 13.0. The van der Waals surface area contributed by atoms with E-state index in [-0.39, 0.29) is 29.1 Å². The molecule has 0 saturated carbocycles. The van der Waals surface area contributed by atoms with Crippen LogP contribution in [0.1, 0.15) is 21.5 Å². The lowest BCUT2D eigenvalue weighted by atomic mass is 10.1. The fourth-order valence-corrected chi connectivity index (χ4v) is 2.12. The van der Waals surface area contributed by atoms with Crippen LogP contribution in [0, 0.1) is 10.1 Å². The number of ether oxygens (including phenoxy) is 1. The second-order valence-electron chi connectivity index (χ2n) is 5.02. The normalized spacial score (nSPS) is 11.0. The number of methoxy groups -OCH3 is 1. The molecule has 1 N–H and O–H groups in total. The summed E-state index contributed by atoms with van der Waals surface area (Å²) in [5.74, 6) is -0.579. The summed E-state index contributed by atoms with van der Waals surface area (Å²) in [6.45, 7) is -0.172. The van der Waals surface area contributed by atoms with Crippen molar-refractivity contribution >= 4 is 11.6 Å². The summed E-state index contributed by atoms with van der Waals surface area (Å²) >= 11 is 0. The molecule has 1 amide bonds. The van der Waals surface area contributed by atoms with Gasteiger partial charge in [-0.1, -0.05) is 12.1 Å². The molecule has 0 unspecified atom stereocenters. The molecule has 2 aromatic rings. The van der Waals surface area contributed by atoms with Crippen molar-refractivity contribution in [3.8, 4) is 5.75 Å². The highest BCUT2D eigenvalue weighted by atomic mass is 19.4. The van der Waals surface area contributed by atoms with Crippen LogP contribution in [0.3, 0.4) is 0 Å². The van der Waals surface area contributed by atoms with Gasteiger partial charge in [0.2, 0.25) is 0 Å². The fraction of sp³-hybridized carbons (Fsp3) is 0.188. The Hall–Kier alpha value is -3.10. The smallest absolute Gasteiger partial charge is 0.416 e. The number of halogens is 3. The number of hydrogen-bond donors (Lipinski definition) is 1. The van der Waals surface area contributed by atoms with E-state index in [1.54, 1.807) is 0 Å². The highest BCUT2D eigenvalue weighted by Gasteiger charge is 2.30. The molecule has 0 fully saturated rings. The summed E-state index contributed by atoms with van der Waals surface area (Å²) < 4.78 is 43.0. The van der Waals surface area contributed by atoms with Crippen LogP contribution in [-0.4, -0.2) is 17.9 Å². The van der Waals surface area contributed by atoms with Crippen molar-refractivity contribution in [2.24, 2.45) is 0 Å². The van der Waals surface area contributed by atoms with Crippen LogP contribution in [0.15, 0.2) is 42.5 Å². The minimum Gasteiger partial charge on any atom is -0.496 e. The van der Waals surface area contributed by atoms with Crippen LogP contribution in [0.2, 0.25) is 0 Å². The fourth-order valence-electron chi connectivity index (χ4n) is 2.12. The van der Waals surface area contributed by atoms with E-state index in [1.807, 2.05) is 0 Å². The van der Waals surface area contributed by atoms with E-state index in [1.165, 1.54) is 31.4 Å². The maximum absolute atomic E-state index is 12.7. The lowest BCUT2D eigenvalue weighted by molar-refractivity contribution is -0.384. The average Bonchev–Trinajstić information content (AvgIpc) is 2.58. The Morgan fingerprint density at radius 1 is 1.24 bits per heavy atom. The van der Waals surface area contributed by atoms with Gasteiger partial charge in [-0.3, -0.25) is 14.9 Å². The van der Waals surface area contributed by atoms with Gasteiger partial charge in [-0.15, -0.1) is 0 Å². The van der Waals surface area contributed by atoms with Crippen molar-refractivity contribution in [2.75, 3.05) is 7.11 Å². The van der Waals surface area contributed by atoms with Crippen LogP contribution in [0.4, 0.5) is 18.9 Å². The summed E-state index contributed by atoms with van der Waals surface area (Å²) in [6.07, 6.45) is -4.48. The number of nitro groups is 1. The van der Waals surface area contributed by atoms with Gasteiger partial charge >= 0.3 is 6.18 Å². The van der Waals surface area contributed by atoms with Crippen molar-refractivity contribution in [2.45, 2.75) is 12.7 Å². The van der Waals surface area contributed by atoms with Crippen LogP contribution >= 0.6 is 0 Å². The molecule has 0 saturated heterocycles. The van der Waals surface area contributed by atoms with E-state index in [9.17, 15) is 28.1 Å². The number of nitrogens with zero attached hydrogens (tertiary/aromatic N) is 1. The highest BCUT2D eigenvalue weighted by molar-refractivity contribution is 5.97. The van der Waals surface area contributed by atoms with E-state index in [0.717, 1.165) is 18.2 Å². The molecule has 0 aliphatic carbocycles. The second-order valence-corrected chi connectivity index (χ2v) is 5.02. The van der Waals surface area contributed by atoms with E-state index >= 15 is 0 Å². The molecule has 0 aromatic heterocycles. The zero-order valence-corrected chi connectivity index (χ0v) is 13.0. The topological polar surface area (TPSA) is 81.5 Å². The Morgan fingerprint density at radius 3 is 2.56 bits per heavy atom. The van der Waals surface area contributed by atoms with Gasteiger partial charge in [-0.25, -0.2) is 0 Å². The van der Waals surface area contributed by atoms with Gasteiger partial charge < -0.3 is 10.1 Å². The molecule has 9 heteroatoms. The first-order valence-electron chi connectivity index (χ1n) is 6.99. The molecule has 0 aliphatic rings. The zero-order chi connectivity index (χ0) is 18.6. The summed E-state index contributed by atoms with van der Waals surface area (Å²) in [5, 5.41) is 13.2. The van der Waals surface area contributed by atoms with Gasteiger partial charge in [-0.2, -0.15) is 13.2 Å². The Bertz CT molecular complexity index is 806. The largest absolute Gasteiger partial charge is 0.496 e. The van der Waals surface area contributed by atoms with E-state index in [4.69, 9.17) is 4.74 Å². The number of hydrogen-bond acceptors (Lipinski definition) is 4. The summed E-state index contributed by atoms with van der Waals surface area (Å²) in [6, 6.07) is 8.01. The molecule has 0 radical (unpaired) electrons. The molecule has 2 aromatic carbocycles. The van der Waals surface area contributed by atoms with E-state index < -0.39 is 22.6 Å². The third-order valence-electron chi connectivity index (χ3n) is 3.35. The van der Waals surface area contributed by atoms with Crippen LogP contribution < -0.4 is 10.1 Å². The number of amides is 1. The van der Waals surface area contributed by atoms with Crippen LogP contribution in [-0.2, 0) is 12.7 Å². The Balaban J connectivity index is 2.18. The molecule has 132 valence electrons. The molecule has 0 heterocycles. The lowest BCUT2D eigenvalue weighted by Crippen LogP contribution is -2.23. The quantitative estimate of drug-likeness (QED) is 0.658. The Labute approximate surface area is 140 Å². The summed E-state index contributed by atoms with van der Waals surface area (Å²) in [5.41, 5.74) is -0.964. The molecule has 2 rings (SSSR count). The van der Waals surface area contributed by atoms with Crippen molar-refractivity contribution in [3.05, 3.63) is 69.3 Å². The summed E-state index contributed by atoms with van der Waals surface area (Å²) in [7, 11) is 1.30. The number of nitrogens with one attached hydrogen (secondary N) is 1. The number of nitro benzene ring substituents is 1. The molecule has 0 spiro atoms. The molecule has 0 bridgehead atoms. The van der Waals surface area contributed by atoms with Crippen molar-refractivity contribution < 1.29 is 27.6 Å².